The van der Waals surface area contributed by atoms with Gasteiger partial charge >= 0.3 is 0 Å². The molecule has 2 amide bonds. The fourth-order valence-corrected chi connectivity index (χ4v) is 3.83. The molecule has 0 aliphatic rings. The zero-order valence-electron chi connectivity index (χ0n) is 19.7. The second-order valence-corrected chi connectivity index (χ2v) is 8.29. The van der Waals surface area contributed by atoms with Gasteiger partial charge in [-0.2, -0.15) is 0 Å². The van der Waals surface area contributed by atoms with Crippen LogP contribution in [-0.4, -0.2) is 21.8 Å². The Balaban J connectivity index is 1.88. The number of benzene rings is 3. The van der Waals surface area contributed by atoms with Crippen molar-refractivity contribution in [1.82, 2.24) is 9.97 Å². The highest BCUT2D eigenvalue weighted by molar-refractivity contribution is 6.11. The minimum Gasteiger partial charge on any atom is -0.324 e. The lowest BCUT2D eigenvalue weighted by atomic mass is 9.97. The fourth-order valence-electron chi connectivity index (χ4n) is 3.83. The van der Waals surface area contributed by atoms with Crippen LogP contribution in [0.1, 0.15) is 38.8 Å². The number of amides is 2. The largest absolute Gasteiger partial charge is 0.324 e. The summed E-state index contributed by atoms with van der Waals surface area (Å²) in [7, 11) is 0. The lowest BCUT2D eigenvalue weighted by molar-refractivity contribution is -0.117. The van der Waals surface area contributed by atoms with Crippen LogP contribution in [-0.2, 0) is 4.79 Å². The molecule has 6 nitrogen and oxygen atoms in total. The van der Waals surface area contributed by atoms with Crippen LogP contribution in [0.15, 0.2) is 85.3 Å². The van der Waals surface area contributed by atoms with Crippen LogP contribution in [0.25, 0.3) is 0 Å². The number of halogens is 1. The van der Waals surface area contributed by atoms with E-state index in [4.69, 9.17) is 0 Å². The third-order valence-corrected chi connectivity index (χ3v) is 5.87. The smallest absolute Gasteiger partial charge is 0.279 e. The topological polar surface area (TPSA) is 75.2 Å². The Morgan fingerprint density at radius 1 is 0.886 bits per heavy atom. The van der Waals surface area contributed by atoms with Crippen molar-refractivity contribution < 1.29 is 14.0 Å². The standard InChI is InChI=1S/C28H25FN4O2/c1-18-8-13-23(16-20(18)3)33(28(35)25-17-30-14-15-31-25)26(24-7-5-4-6-19(24)2)27(34)32-22-11-9-21(29)10-12-22/h4-17,26H,1-3H3,(H,32,34). The predicted molar refractivity (Wildman–Crippen MR) is 134 cm³/mol. The third-order valence-electron chi connectivity index (χ3n) is 5.87. The highest BCUT2D eigenvalue weighted by Crippen LogP contribution is 2.33. The summed E-state index contributed by atoms with van der Waals surface area (Å²) in [5.74, 6) is -1.32. The molecule has 35 heavy (non-hydrogen) atoms. The van der Waals surface area contributed by atoms with E-state index < -0.39 is 23.7 Å². The molecule has 4 aromatic rings. The Hall–Kier alpha value is -4.39. The van der Waals surface area contributed by atoms with Crippen molar-refractivity contribution in [1.29, 1.82) is 0 Å². The van der Waals surface area contributed by atoms with E-state index >= 15 is 0 Å². The van der Waals surface area contributed by atoms with Gasteiger partial charge in [0.1, 0.15) is 17.6 Å². The van der Waals surface area contributed by atoms with Crippen LogP contribution in [0.2, 0.25) is 0 Å². The molecular formula is C28H25FN4O2. The molecule has 1 N–H and O–H groups in total. The van der Waals surface area contributed by atoms with Crippen molar-refractivity contribution in [2.24, 2.45) is 0 Å². The summed E-state index contributed by atoms with van der Waals surface area (Å²) >= 11 is 0. The van der Waals surface area contributed by atoms with Gasteiger partial charge in [-0.25, -0.2) is 9.37 Å². The SMILES string of the molecule is Cc1ccc(N(C(=O)c2cnccn2)C(C(=O)Nc2ccc(F)cc2)c2ccccc2C)cc1C. The molecule has 0 spiro atoms. The Kier molecular flexibility index (Phi) is 6.96. The van der Waals surface area contributed by atoms with E-state index in [1.807, 2.05) is 63.2 Å². The van der Waals surface area contributed by atoms with Gasteiger partial charge in [-0.15, -0.1) is 0 Å². The number of nitrogens with zero attached hydrogens (tertiary/aromatic N) is 3. The lowest BCUT2D eigenvalue weighted by Crippen LogP contribution is -2.42. The van der Waals surface area contributed by atoms with E-state index in [-0.39, 0.29) is 5.69 Å². The average molecular weight is 469 g/mol. The summed E-state index contributed by atoms with van der Waals surface area (Å²) in [6.45, 7) is 5.82. The molecule has 1 heterocycles. The van der Waals surface area contributed by atoms with Crippen molar-refractivity contribution in [2.75, 3.05) is 10.2 Å². The van der Waals surface area contributed by atoms with Gasteiger partial charge in [0.05, 0.1) is 6.20 Å². The first-order valence-electron chi connectivity index (χ1n) is 11.1. The van der Waals surface area contributed by atoms with Crippen molar-refractivity contribution in [3.63, 3.8) is 0 Å². The Morgan fingerprint density at radius 3 is 2.29 bits per heavy atom. The van der Waals surface area contributed by atoms with Crippen molar-refractivity contribution in [3.8, 4) is 0 Å². The van der Waals surface area contributed by atoms with Gasteiger partial charge in [-0.05, 0) is 79.4 Å². The fraction of sp³-hybridized carbons (Fsp3) is 0.143. The van der Waals surface area contributed by atoms with Crippen LogP contribution in [0.4, 0.5) is 15.8 Å². The number of carbonyl (C=O) groups excluding carboxylic acids is 2. The summed E-state index contributed by atoms with van der Waals surface area (Å²) in [5.41, 5.74) is 4.60. The molecular weight excluding hydrogens is 443 g/mol. The van der Waals surface area contributed by atoms with Gasteiger partial charge in [-0.3, -0.25) is 19.5 Å². The molecule has 0 aliphatic carbocycles. The third kappa shape index (κ3) is 5.24. The van der Waals surface area contributed by atoms with Gasteiger partial charge in [0.2, 0.25) is 0 Å². The Labute approximate surface area is 203 Å². The second kappa shape index (κ2) is 10.3. The summed E-state index contributed by atoms with van der Waals surface area (Å²) in [5, 5.41) is 2.84. The molecule has 3 aromatic carbocycles. The number of anilines is 2. The molecule has 0 radical (unpaired) electrons. The first kappa shape index (κ1) is 23.8. The van der Waals surface area contributed by atoms with Crippen LogP contribution in [0, 0.1) is 26.6 Å². The summed E-state index contributed by atoms with van der Waals surface area (Å²) in [4.78, 5) is 37.4. The molecule has 1 atom stereocenters. The van der Waals surface area contributed by atoms with Gasteiger partial charge in [0.15, 0.2) is 0 Å². The van der Waals surface area contributed by atoms with E-state index in [1.165, 1.54) is 47.8 Å². The molecule has 4 rings (SSSR count). The molecule has 0 saturated heterocycles. The Morgan fingerprint density at radius 2 is 1.63 bits per heavy atom. The zero-order valence-corrected chi connectivity index (χ0v) is 19.7. The molecule has 176 valence electrons. The molecule has 0 fully saturated rings. The number of rotatable bonds is 6. The average Bonchev–Trinajstić information content (AvgIpc) is 2.86. The van der Waals surface area contributed by atoms with Gasteiger partial charge < -0.3 is 5.32 Å². The lowest BCUT2D eigenvalue weighted by Gasteiger charge is -2.32. The number of aromatic nitrogens is 2. The van der Waals surface area contributed by atoms with Crippen LogP contribution in [0.5, 0.6) is 0 Å². The van der Waals surface area contributed by atoms with Crippen molar-refractivity contribution >= 4 is 23.2 Å². The van der Waals surface area contributed by atoms with E-state index in [2.05, 4.69) is 15.3 Å². The molecule has 0 bridgehead atoms. The van der Waals surface area contributed by atoms with Crippen molar-refractivity contribution in [2.45, 2.75) is 26.8 Å². The maximum atomic E-state index is 13.9. The normalized spacial score (nSPS) is 11.5. The van der Waals surface area contributed by atoms with Crippen molar-refractivity contribution in [3.05, 3.63) is 119 Å². The monoisotopic (exact) mass is 468 g/mol. The predicted octanol–water partition coefficient (Wildman–Crippen LogP) is 5.57. The summed E-state index contributed by atoms with van der Waals surface area (Å²) in [6, 6.07) is 17.5. The highest BCUT2D eigenvalue weighted by atomic mass is 19.1. The van der Waals surface area contributed by atoms with Gasteiger partial charge in [0, 0.05) is 23.8 Å². The van der Waals surface area contributed by atoms with E-state index in [9.17, 15) is 14.0 Å². The van der Waals surface area contributed by atoms with E-state index in [0.29, 0.717) is 16.9 Å². The van der Waals surface area contributed by atoms with Gasteiger partial charge in [-0.1, -0.05) is 30.3 Å². The summed E-state index contributed by atoms with van der Waals surface area (Å²) in [6.07, 6.45) is 4.30. The van der Waals surface area contributed by atoms with Crippen LogP contribution >= 0.6 is 0 Å². The highest BCUT2D eigenvalue weighted by Gasteiger charge is 2.35. The van der Waals surface area contributed by atoms with Crippen LogP contribution in [0.3, 0.4) is 0 Å². The number of carbonyl (C=O) groups is 2. The van der Waals surface area contributed by atoms with Gasteiger partial charge in [0.25, 0.3) is 11.8 Å². The number of aryl methyl sites for hydroxylation is 3. The first-order valence-corrected chi connectivity index (χ1v) is 11.1. The Bertz CT molecular complexity index is 1360. The molecule has 7 heteroatoms. The maximum absolute atomic E-state index is 13.9. The molecule has 0 saturated carbocycles. The molecule has 1 aromatic heterocycles. The second-order valence-electron chi connectivity index (χ2n) is 8.29. The number of hydrogen-bond donors (Lipinski definition) is 1. The summed E-state index contributed by atoms with van der Waals surface area (Å²) < 4.78 is 13.4. The number of nitrogens with one attached hydrogen (secondary N) is 1. The quantitative estimate of drug-likeness (QED) is 0.402. The minimum atomic E-state index is -1.03. The maximum Gasteiger partial charge on any atom is 0.279 e. The van der Waals surface area contributed by atoms with Crippen LogP contribution < -0.4 is 10.2 Å². The molecule has 0 aliphatic heterocycles. The minimum absolute atomic E-state index is 0.110. The van der Waals surface area contributed by atoms with E-state index in [1.54, 1.807) is 0 Å². The first-order chi connectivity index (χ1) is 16.8. The molecule has 1 unspecified atom stereocenters. The zero-order chi connectivity index (χ0) is 24.9. The van der Waals surface area contributed by atoms with E-state index in [0.717, 1.165) is 16.7 Å². The number of hydrogen-bond acceptors (Lipinski definition) is 4.